The van der Waals surface area contributed by atoms with Gasteiger partial charge in [0, 0.05) is 19.4 Å². The van der Waals surface area contributed by atoms with Crippen molar-refractivity contribution in [3.63, 3.8) is 0 Å². The fourth-order valence-corrected chi connectivity index (χ4v) is 1.96. The van der Waals surface area contributed by atoms with Crippen LogP contribution in [0.25, 0.3) is 0 Å². The van der Waals surface area contributed by atoms with Crippen molar-refractivity contribution in [2.75, 3.05) is 6.61 Å². The molecule has 1 rings (SSSR count). The zero-order chi connectivity index (χ0) is 11.3. The van der Waals surface area contributed by atoms with Crippen molar-refractivity contribution in [1.82, 2.24) is 5.32 Å². The lowest BCUT2D eigenvalue weighted by Crippen LogP contribution is -2.56. The van der Waals surface area contributed by atoms with Gasteiger partial charge in [-0.2, -0.15) is 0 Å². The van der Waals surface area contributed by atoms with Gasteiger partial charge < -0.3 is 15.2 Å². The lowest BCUT2D eigenvalue weighted by atomic mass is 9.85. The lowest BCUT2D eigenvalue weighted by molar-refractivity contribution is -0.153. The Hall–Kier alpha value is -1.10. The van der Waals surface area contributed by atoms with Crippen molar-refractivity contribution in [2.24, 2.45) is 0 Å². The highest BCUT2D eigenvalue weighted by Gasteiger charge is 2.43. The minimum absolute atomic E-state index is 0.0627. The lowest BCUT2D eigenvalue weighted by Gasteiger charge is -2.37. The van der Waals surface area contributed by atoms with Gasteiger partial charge in [-0.15, -0.1) is 0 Å². The van der Waals surface area contributed by atoms with Crippen LogP contribution in [0.4, 0.5) is 0 Å². The Balaban J connectivity index is 2.70. The molecule has 0 aromatic carbocycles. The van der Waals surface area contributed by atoms with E-state index in [9.17, 15) is 9.59 Å². The van der Waals surface area contributed by atoms with Gasteiger partial charge in [0.05, 0.1) is 6.10 Å². The Morgan fingerprint density at radius 3 is 3.00 bits per heavy atom. The highest BCUT2D eigenvalue weighted by Crippen LogP contribution is 2.27. The van der Waals surface area contributed by atoms with Crippen molar-refractivity contribution in [3.05, 3.63) is 0 Å². The molecular weight excluding hydrogens is 198 g/mol. The molecule has 0 spiro atoms. The largest absolute Gasteiger partial charge is 0.480 e. The SMILES string of the molecule is CCCC1CC(NC=O)(C(=O)O)CCO1. The smallest absolute Gasteiger partial charge is 0.329 e. The molecule has 0 aromatic rings. The third kappa shape index (κ3) is 2.68. The Morgan fingerprint density at radius 1 is 1.73 bits per heavy atom. The molecule has 0 saturated carbocycles. The molecule has 15 heavy (non-hydrogen) atoms. The van der Waals surface area contributed by atoms with Gasteiger partial charge >= 0.3 is 5.97 Å². The van der Waals surface area contributed by atoms with Crippen LogP contribution >= 0.6 is 0 Å². The van der Waals surface area contributed by atoms with Crippen molar-refractivity contribution >= 4 is 12.4 Å². The fraction of sp³-hybridized carbons (Fsp3) is 0.800. The Kier molecular flexibility index (Phi) is 4.08. The molecule has 1 aliphatic rings. The number of hydrogen-bond donors (Lipinski definition) is 2. The van der Waals surface area contributed by atoms with Crippen molar-refractivity contribution in [2.45, 2.75) is 44.2 Å². The molecule has 1 heterocycles. The molecule has 1 aliphatic heterocycles. The van der Waals surface area contributed by atoms with Crippen LogP contribution in [0.1, 0.15) is 32.6 Å². The van der Waals surface area contributed by atoms with E-state index in [0.29, 0.717) is 25.9 Å². The van der Waals surface area contributed by atoms with E-state index in [1.807, 2.05) is 6.92 Å². The van der Waals surface area contributed by atoms with E-state index in [1.165, 1.54) is 0 Å². The number of aliphatic carboxylic acids is 1. The minimum atomic E-state index is -1.13. The summed E-state index contributed by atoms with van der Waals surface area (Å²) >= 11 is 0. The molecule has 2 atom stereocenters. The molecule has 0 aromatic heterocycles. The van der Waals surface area contributed by atoms with Gasteiger partial charge in [-0.25, -0.2) is 4.79 Å². The van der Waals surface area contributed by atoms with Gasteiger partial charge in [0.15, 0.2) is 0 Å². The van der Waals surface area contributed by atoms with Crippen LogP contribution in [0.2, 0.25) is 0 Å². The van der Waals surface area contributed by atoms with Crippen LogP contribution in [0, 0.1) is 0 Å². The molecule has 5 nitrogen and oxygen atoms in total. The first-order valence-corrected chi connectivity index (χ1v) is 5.21. The van der Waals surface area contributed by atoms with Crippen molar-refractivity contribution < 1.29 is 19.4 Å². The summed E-state index contributed by atoms with van der Waals surface area (Å²) in [5.74, 6) is -0.973. The van der Waals surface area contributed by atoms with Gasteiger partial charge in [-0.1, -0.05) is 13.3 Å². The van der Waals surface area contributed by atoms with Crippen LogP contribution in [0.3, 0.4) is 0 Å². The van der Waals surface area contributed by atoms with E-state index in [0.717, 1.165) is 12.8 Å². The van der Waals surface area contributed by atoms with Crippen LogP contribution in [0.15, 0.2) is 0 Å². The molecule has 0 bridgehead atoms. The molecule has 2 unspecified atom stereocenters. The highest BCUT2D eigenvalue weighted by atomic mass is 16.5. The molecule has 0 aliphatic carbocycles. The summed E-state index contributed by atoms with van der Waals surface area (Å²) in [5.41, 5.74) is -1.13. The van der Waals surface area contributed by atoms with E-state index in [2.05, 4.69) is 5.32 Å². The number of carbonyl (C=O) groups excluding carboxylic acids is 1. The third-order valence-electron chi connectivity index (χ3n) is 2.81. The van der Waals surface area contributed by atoms with Gasteiger partial charge in [0.25, 0.3) is 0 Å². The van der Waals surface area contributed by atoms with Crippen molar-refractivity contribution in [1.29, 1.82) is 0 Å². The average Bonchev–Trinajstić information content (AvgIpc) is 2.19. The number of ether oxygens (including phenoxy) is 1. The average molecular weight is 215 g/mol. The second-order valence-electron chi connectivity index (χ2n) is 3.89. The normalized spacial score (nSPS) is 30.9. The van der Waals surface area contributed by atoms with E-state index in [1.54, 1.807) is 0 Å². The molecule has 2 N–H and O–H groups in total. The maximum absolute atomic E-state index is 11.1. The highest BCUT2D eigenvalue weighted by molar-refractivity contribution is 5.81. The number of carboxylic acid groups (broad SMARTS) is 1. The number of carboxylic acids is 1. The van der Waals surface area contributed by atoms with Crippen LogP contribution in [-0.4, -0.2) is 35.7 Å². The second-order valence-corrected chi connectivity index (χ2v) is 3.89. The van der Waals surface area contributed by atoms with Crippen LogP contribution < -0.4 is 5.32 Å². The second kappa shape index (κ2) is 5.11. The van der Waals surface area contributed by atoms with Gasteiger partial charge in [0.1, 0.15) is 5.54 Å². The molecule has 86 valence electrons. The maximum Gasteiger partial charge on any atom is 0.329 e. The van der Waals surface area contributed by atoms with Gasteiger partial charge in [0.2, 0.25) is 6.41 Å². The molecule has 1 saturated heterocycles. The Morgan fingerprint density at radius 2 is 2.47 bits per heavy atom. The minimum Gasteiger partial charge on any atom is -0.480 e. The van der Waals surface area contributed by atoms with E-state index in [4.69, 9.17) is 9.84 Å². The Labute approximate surface area is 88.8 Å². The summed E-state index contributed by atoms with van der Waals surface area (Å²) in [5, 5.41) is 11.6. The summed E-state index contributed by atoms with van der Waals surface area (Å²) < 4.78 is 5.45. The number of nitrogens with one attached hydrogen (secondary N) is 1. The first kappa shape index (κ1) is 12.0. The van der Waals surface area contributed by atoms with E-state index < -0.39 is 11.5 Å². The van der Waals surface area contributed by atoms with Crippen LogP contribution in [-0.2, 0) is 14.3 Å². The monoisotopic (exact) mass is 215 g/mol. The zero-order valence-corrected chi connectivity index (χ0v) is 8.86. The third-order valence-corrected chi connectivity index (χ3v) is 2.81. The summed E-state index contributed by atoms with van der Waals surface area (Å²) in [7, 11) is 0. The predicted octanol–water partition coefficient (Wildman–Crippen LogP) is 0.535. The molecule has 5 heteroatoms. The molecular formula is C10H17NO4. The maximum atomic E-state index is 11.1. The van der Waals surface area contributed by atoms with E-state index in [-0.39, 0.29) is 6.10 Å². The number of hydrogen-bond acceptors (Lipinski definition) is 3. The zero-order valence-electron chi connectivity index (χ0n) is 8.86. The van der Waals surface area contributed by atoms with Crippen molar-refractivity contribution in [3.8, 4) is 0 Å². The topological polar surface area (TPSA) is 75.6 Å². The number of carbonyl (C=O) groups is 2. The summed E-state index contributed by atoms with van der Waals surface area (Å²) in [6.07, 6.45) is 2.86. The van der Waals surface area contributed by atoms with Gasteiger partial charge in [-0.05, 0) is 6.42 Å². The summed E-state index contributed by atoms with van der Waals surface area (Å²) in [4.78, 5) is 21.6. The Bertz CT molecular complexity index is 242. The summed E-state index contributed by atoms with van der Waals surface area (Å²) in [6, 6.07) is 0. The predicted molar refractivity (Wildman–Crippen MR) is 53.4 cm³/mol. The number of amides is 1. The quantitative estimate of drug-likeness (QED) is 0.656. The number of rotatable bonds is 5. The van der Waals surface area contributed by atoms with Crippen LogP contribution in [0.5, 0.6) is 0 Å². The first-order chi connectivity index (χ1) is 7.14. The molecule has 0 radical (unpaired) electrons. The standard InChI is InChI=1S/C10H17NO4/c1-2-3-8-6-10(9(13)14,11-7-12)4-5-15-8/h7-8H,2-6H2,1H3,(H,11,12)(H,13,14). The first-order valence-electron chi connectivity index (χ1n) is 5.21. The fourth-order valence-electron chi connectivity index (χ4n) is 1.96. The molecule has 1 amide bonds. The molecule has 1 fully saturated rings. The van der Waals surface area contributed by atoms with E-state index >= 15 is 0 Å². The van der Waals surface area contributed by atoms with Gasteiger partial charge in [-0.3, -0.25) is 4.79 Å². The summed E-state index contributed by atoms with van der Waals surface area (Å²) in [6.45, 7) is 2.41.